The number of nitrogens with one attached hydrogen (secondary N) is 2. The van der Waals surface area contributed by atoms with Crippen LogP contribution in [0.1, 0.15) is 17.5 Å². The predicted molar refractivity (Wildman–Crippen MR) is 65.9 cm³/mol. The van der Waals surface area contributed by atoms with E-state index in [-0.39, 0.29) is 0 Å². The smallest absolute Gasteiger partial charge is 0.128 e. The molecular weight excluding hydrogens is 198 g/mol. The largest absolute Gasteiger partial charge is 0.364 e. The van der Waals surface area contributed by atoms with E-state index in [0.717, 1.165) is 25.3 Å². The van der Waals surface area contributed by atoms with Crippen LogP contribution in [0.4, 0.5) is 0 Å². The lowest BCUT2D eigenvalue weighted by atomic mass is 10.0. The van der Waals surface area contributed by atoms with Gasteiger partial charge < -0.3 is 10.6 Å². The number of aliphatic imine (C=N–C) groups is 1. The molecule has 0 amide bonds. The molecule has 2 aliphatic heterocycles. The molecule has 3 nitrogen and oxygen atoms in total. The zero-order chi connectivity index (χ0) is 11.0. The number of piperidine rings is 1. The summed E-state index contributed by atoms with van der Waals surface area (Å²) in [6.07, 6.45) is 1.15. The highest BCUT2D eigenvalue weighted by molar-refractivity contribution is 6.00. The zero-order valence-electron chi connectivity index (χ0n) is 9.53. The Balaban J connectivity index is 1.86. The summed E-state index contributed by atoms with van der Waals surface area (Å²) in [7, 11) is 0. The third-order valence-corrected chi connectivity index (χ3v) is 3.35. The highest BCUT2D eigenvalue weighted by Crippen LogP contribution is 2.17. The molecule has 2 N–H and O–H groups in total. The number of aryl methyl sites for hydroxylation is 1. The first kappa shape index (κ1) is 9.85. The predicted octanol–water partition coefficient (Wildman–Crippen LogP) is 1.08. The van der Waals surface area contributed by atoms with Crippen molar-refractivity contribution in [2.75, 3.05) is 13.1 Å². The van der Waals surface area contributed by atoms with E-state index in [4.69, 9.17) is 4.99 Å². The Bertz CT molecular complexity index is 425. The fraction of sp³-hybridized carbons (Fsp3) is 0.462. The van der Waals surface area contributed by atoms with E-state index in [9.17, 15) is 0 Å². The van der Waals surface area contributed by atoms with Crippen LogP contribution >= 0.6 is 0 Å². The van der Waals surface area contributed by atoms with Gasteiger partial charge in [0.25, 0.3) is 0 Å². The van der Waals surface area contributed by atoms with Gasteiger partial charge in [0.15, 0.2) is 0 Å². The monoisotopic (exact) mass is 215 g/mol. The van der Waals surface area contributed by atoms with E-state index in [2.05, 4.69) is 41.8 Å². The first-order chi connectivity index (χ1) is 7.83. The highest BCUT2D eigenvalue weighted by atomic mass is 15.2. The van der Waals surface area contributed by atoms with E-state index < -0.39 is 0 Å². The number of benzene rings is 1. The van der Waals surface area contributed by atoms with Gasteiger partial charge >= 0.3 is 0 Å². The molecule has 2 aliphatic rings. The standard InChI is InChI=1S/C13H17N3/c1-9-3-2-4-10(7-9)13-15-11-5-6-14-8-12(11)16-13/h2-4,7,11-12,14H,5-6,8H2,1H3,(H,15,16). The van der Waals surface area contributed by atoms with Crippen LogP contribution in [-0.4, -0.2) is 31.0 Å². The van der Waals surface area contributed by atoms with Gasteiger partial charge in [0.1, 0.15) is 5.84 Å². The van der Waals surface area contributed by atoms with Gasteiger partial charge in [0.2, 0.25) is 0 Å². The Morgan fingerprint density at radius 3 is 3.12 bits per heavy atom. The first-order valence-electron chi connectivity index (χ1n) is 5.95. The molecule has 84 valence electrons. The van der Waals surface area contributed by atoms with Crippen LogP contribution in [-0.2, 0) is 0 Å². The van der Waals surface area contributed by atoms with Crippen LogP contribution in [0.5, 0.6) is 0 Å². The molecule has 16 heavy (non-hydrogen) atoms. The van der Waals surface area contributed by atoms with Crippen molar-refractivity contribution in [1.82, 2.24) is 10.6 Å². The minimum atomic E-state index is 0.469. The van der Waals surface area contributed by atoms with Gasteiger partial charge in [0.05, 0.1) is 12.1 Å². The Morgan fingerprint density at radius 1 is 1.38 bits per heavy atom. The number of nitrogens with zero attached hydrogens (tertiary/aromatic N) is 1. The topological polar surface area (TPSA) is 36.4 Å². The van der Waals surface area contributed by atoms with Gasteiger partial charge in [-0.2, -0.15) is 0 Å². The van der Waals surface area contributed by atoms with Crippen LogP contribution in [0, 0.1) is 6.92 Å². The molecule has 3 heteroatoms. The SMILES string of the molecule is Cc1cccc(C2=NC3CCNCC3N2)c1. The minimum absolute atomic E-state index is 0.469. The number of amidine groups is 1. The number of rotatable bonds is 1. The highest BCUT2D eigenvalue weighted by Gasteiger charge is 2.30. The van der Waals surface area contributed by atoms with Crippen molar-refractivity contribution in [3.8, 4) is 0 Å². The molecule has 2 atom stereocenters. The normalized spacial score (nSPS) is 28.2. The fourth-order valence-corrected chi connectivity index (χ4v) is 2.48. The molecule has 1 aromatic rings. The van der Waals surface area contributed by atoms with Crippen LogP contribution < -0.4 is 10.6 Å². The summed E-state index contributed by atoms with van der Waals surface area (Å²) in [6, 6.07) is 9.49. The third kappa shape index (κ3) is 1.71. The summed E-state index contributed by atoms with van der Waals surface area (Å²) in [5.41, 5.74) is 2.50. The molecule has 0 aliphatic carbocycles. The van der Waals surface area contributed by atoms with Crippen LogP contribution in [0.3, 0.4) is 0 Å². The van der Waals surface area contributed by atoms with Crippen LogP contribution in [0.2, 0.25) is 0 Å². The lowest BCUT2D eigenvalue weighted by Crippen LogP contribution is -2.48. The zero-order valence-corrected chi connectivity index (χ0v) is 9.53. The molecule has 3 rings (SSSR count). The summed E-state index contributed by atoms with van der Waals surface area (Å²) >= 11 is 0. The second-order valence-corrected chi connectivity index (χ2v) is 4.66. The van der Waals surface area contributed by atoms with Gasteiger partial charge in [-0.25, -0.2) is 0 Å². The molecule has 2 heterocycles. The van der Waals surface area contributed by atoms with E-state index in [1.165, 1.54) is 11.1 Å². The second kappa shape index (κ2) is 3.91. The molecule has 0 spiro atoms. The number of hydrogen-bond acceptors (Lipinski definition) is 3. The van der Waals surface area contributed by atoms with Crippen molar-refractivity contribution < 1.29 is 0 Å². The molecule has 0 saturated carbocycles. The van der Waals surface area contributed by atoms with Crippen LogP contribution in [0.15, 0.2) is 29.3 Å². The molecule has 0 radical (unpaired) electrons. The summed E-state index contributed by atoms with van der Waals surface area (Å²) in [5.74, 6) is 1.07. The maximum absolute atomic E-state index is 4.79. The van der Waals surface area contributed by atoms with E-state index in [1.807, 2.05) is 0 Å². The summed E-state index contributed by atoms with van der Waals surface area (Å²) < 4.78 is 0. The lowest BCUT2D eigenvalue weighted by molar-refractivity contribution is 0.402. The van der Waals surface area contributed by atoms with Crippen molar-refractivity contribution in [3.63, 3.8) is 0 Å². The average Bonchev–Trinajstić information content (AvgIpc) is 2.72. The van der Waals surface area contributed by atoms with Crippen molar-refractivity contribution in [3.05, 3.63) is 35.4 Å². The minimum Gasteiger partial charge on any atom is -0.364 e. The number of fused-ring (bicyclic) bond motifs is 1. The number of hydrogen-bond donors (Lipinski definition) is 2. The Labute approximate surface area is 96.0 Å². The maximum Gasteiger partial charge on any atom is 0.128 e. The molecule has 0 bridgehead atoms. The second-order valence-electron chi connectivity index (χ2n) is 4.66. The summed E-state index contributed by atoms with van der Waals surface area (Å²) in [6.45, 7) is 4.24. The van der Waals surface area contributed by atoms with E-state index >= 15 is 0 Å². The van der Waals surface area contributed by atoms with Gasteiger partial charge in [-0.3, -0.25) is 4.99 Å². The van der Waals surface area contributed by atoms with Crippen LogP contribution in [0.25, 0.3) is 0 Å². The fourth-order valence-electron chi connectivity index (χ4n) is 2.48. The molecule has 2 unspecified atom stereocenters. The summed E-state index contributed by atoms with van der Waals surface area (Å²) in [4.78, 5) is 4.79. The third-order valence-electron chi connectivity index (χ3n) is 3.35. The Hall–Kier alpha value is -1.35. The van der Waals surface area contributed by atoms with Gasteiger partial charge in [-0.1, -0.05) is 23.8 Å². The average molecular weight is 215 g/mol. The maximum atomic E-state index is 4.79. The van der Waals surface area contributed by atoms with Gasteiger partial charge in [-0.05, 0) is 26.0 Å². The van der Waals surface area contributed by atoms with E-state index in [0.29, 0.717) is 12.1 Å². The molecule has 1 fully saturated rings. The quantitative estimate of drug-likeness (QED) is 0.735. The Morgan fingerprint density at radius 2 is 2.31 bits per heavy atom. The van der Waals surface area contributed by atoms with Gasteiger partial charge in [0, 0.05) is 12.1 Å². The van der Waals surface area contributed by atoms with Crippen molar-refractivity contribution >= 4 is 5.84 Å². The van der Waals surface area contributed by atoms with E-state index in [1.54, 1.807) is 0 Å². The Kier molecular flexibility index (Phi) is 2.40. The molecule has 1 aromatic carbocycles. The van der Waals surface area contributed by atoms with Crippen molar-refractivity contribution in [2.45, 2.75) is 25.4 Å². The van der Waals surface area contributed by atoms with Crippen molar-refractivity contribution in [1.29, 1.82) is 0 Å². The molecule has 0 aromatic heterocycles. The molecular formula is C13H17N3. The summed E-state index contributed by atoms with van der Waals surface area (Å²) in [5, 5.41) is 6.93. The molecule has 1 saturated heterocycles. The first-order valence-corrected chi connectivity index (χ1v) is 5.95. The lowest BCUT2D eigenvalue weighted by Gasteiger charge is -2.24. The van der Waals surface area contributed by atoms with Crippen molar-refractivity contribution in [2.24, 2.45) is 4.99 Å². The van der Waals surface area contributed by atoms with Gasteiger partial charge in [-0.15, -0.1) is 0 Å².